The normalized spacial score (nSPS) is 14.8. The second-order valence-corrected chi connectivity index (χ2v) is 7.42. The van der Waals surface area contributed by atoms with Gasteiger partial charge in [-0.2, -0.15) is 0 Å². The molecule has 0 amide bonds. The number of hydrogen-bond acceptors (Lipinski definition) is 7. The Kier molecular flexibility index (Phi) is 5.17. The number of nitrogens with zero attached hydrogens (tertiary/aromatic N) is 6. The van der Waals surface area contributed by atoms with E-state index in [1.165, 1.54) is 11.8 Å². The summed E-state index contributed by atoms with van der Waals surface area (Å²) in [6.45, 7) is 3.91. The second-order valence-electron chi connectivity index (χ2n) is 7.42. The van der Waals surface area contributed by atoms with Crippen molar-refractivity contribution in [3.63, 3.8) is 0 Å². The summed E-state index contributed by atoms with van der Waals surface area (Å²) in [6.07, 6.45) is 6.56. The third-order valence-corrected chi connectivity index (χ3v) is 5.49. The molecule has 0 aromatic carbocycles. The molecule has 0 bridgehead atoms. The molecule has 158 valence electrons. The first-order valence-electron chi connectivity index (χ1n) is 10.1. The minimum atomic E-state index is -0.360. The molecule has 0 radical (unpaired) electrons. The van der Waals surface area contributed by atoms with E-state index >= 15 is 0 Å². The SMILES string of the molecule is COc1ncccc1-c1nc2ncc(F)c(N3CCN(Cc4cccnc4)CC3)c2[nH]1. The number of hydrogen-bond donors (Lipinski definition) is 1. The Hall–Kier alpha value is -3.59. The van der Waals surface area contributed by atoms with Crippen LogP contribution in [-0.2, 0) is 6.54 Å². The maximum absolute atomic E-state index is 14.9. The number of aromatic amines is 1. The van der Waals surface area contributed by atoms with Crippen LogP contribution in [0.5, 0.6) is 5.88 Å². The van der Waals surface area contributed by atoms with Crippen molar-refractivity contribution in [1.82, 2.24) is 29.8 Å². The van der Waals surface area contributed by atoms with Crippen molar-refractivity contribution >= 4 is 16.9 Å². The van der Waals surface area contributed by atoms with Crippen LogP contribution in [0.2, 0.25) is 0 Å². The highest BCUT2D eigenvalue weighted by atomic mass is 19.1. The fourth-order valence-corrected chi connectivity index (χ4v) is 3.97. The Balaban J connectivity index is 1.41. The summed E-state index contributed by atoms with van der Waals surface area (Å²) in [5, 5.41) is 0. The zero-order valence-corrected chi connectivity index (χ0v) is 17.1. The van der Waals surface area contributed by atoms with Crippen molar-refractivity contribution < 1.29 is 9.13 Å². The summed E-state index contributed by atoms with van der Waals surface area (Å²) in [5.74, 6) is 0.642. The zero-order chi connectivity index (χ0) is 21.2. The molecule has 0 atom stereocenters. The number of imidazole rings is 1. The van der Waals surface area contributed by atoms with Gasteiger partial charge in [0, 0.05) is 51.3 Å². The third-order valence-electron chi connectivity index (χ3n) is 5.49. The first-order chi connectivity index (χ1) is 15.2. The van der Waals surface area contributed by atoms with Crippen LogP contribution >= 0.6 is 0 Å². The maximum atomic E-state index is 14.9. The molecule has 0 spiro atoms. The van der Waals surface area contributed by atoms with Gasteiger partial charge in [0.25, 0.3) is 0 Å². The summed E-state index contributed by atoms with van der Waals surface area (Å²) in [4.78, 5) is 24.8. The quantitative estimate of drug-likeness (QED) is 0.533. The van der Waals surface area contributed by atoms with Crippen molar-refractivity contribution in [3.05, 3.63) is 60.4 Å². The Labute approximate surface area is 178 Å². The molecule has 5 heterocycles. The first kappa shape index (κ1) is 19.4. The van der Waals surface area contributed by atoms with Gasteiger partial charge >= 0.3 is 0 Å². The van der Waals surface area contributed by atoms with E-state index in [9.17, 15) is 4.39 Å². The van der Waals surface area contributed by atoms with Crippen molar-refractivity contribution in [2.45, 2.75) is 6.54 Å². The van der Waals surface area contributed by atoms with Crippen LogP contribution in [0.25, 0.3) is 22.6 Å². The number of methoxy groups -OCH3 is 1. The Morgan fingerprint density at radius 1 is 1.06 bits per heavy atom. The maximum Gasteiger partial charge on any atom is 0.224 e. The van der Waals surface area contributed by atoms with E-state index in [1.54, 1.807) is 25.6 Å². The number of fused-ring (bicyclic) bond motifs is 1. The summed E-state index contributed by atoms with van der Waals surface area (Å²) in [5.41, 5.74) is 3.44. The van der Waals surface area contributed by atoms with Gasteiger partial charge in [0.1, 0.15) is 17.0 Å². The van der Waals surface area contributed by atoms with Crippen molar-refractivity contribution in [3.8, 4) is 17.3 Å². The highest BCUT2D eigenvalue weighted by Gasteiger charge is 2.24. The third kappa shape index (κ3) is 3.79. The lowest BCUT2D eigenvalue weighted by Crippen LogP contribution is -2.46. The van der Waals surface area contributed by atoms with Crippen molar-refractivity contribution in [2.75, 3.05) is 38.2 Å². The van der Waals surface area contributed by atoms with Crippen molar-refractivity contribution in [1.29, 1.82) is 0 Å². The highest BCUT2D eigenvalue weighted by molar-refractivity contribution is 5.89. The van der Waals surface area contributed by atoms with Crippen LogP contribution in [0.3, 0.4) is 0 Å². The Morgan fingerprint density at radius 3 is 2.68 bits per heavy atom. The van der Waals surface area contributed by atoms with E-state index in [1.807, 2.05) is 18.3 Å². The molecule has 5 rings (SSSR count). The van der Waals surface area contributed by atoms with E-state index in [0.29, 0.717) is 47.2 Å². The molecule has 0 unspecified atom stereocenters. The number of piperazine rings is 1. The molecule has 1 fully saturated rings. The number of pyridine rings is 3. The number of ether oxygens (including phenoxy) is 1. The summed E-state index contributed by atoms with van der Waals surface area (Å²) >= 11 is 0. The number of aromatic nitrogens is 5. The molecular weight excluding hydrogens is 397 g/mol. The summed E-state index contributed by atoms with van der Waals surface area (Å²) < 4.78 is 20.2. The van der Waals surface area contributed by atoms with Gasteiger partial charge in [-0.1, -0.05) is 6.07 Å². The van der Waals surface area contributed by atoms with Gasteiger partial charge in [0.15, 0.2) is 11.5 Å². The fraction of sp³-hybridized carbons (Fsp3) is 0.273. The largest absolute Gasteiger partial charge is 0.480 e. The van der Waals surface area contributed by atoms with Gasteiger partial charge in [0.2, 0.25) is 5.88 Å². The van der Waals surface area contributed by atoms with Gasteiger partial charge in [-0.25, -0.2) is 19.3 Å². The van der Waals surface area contributed by atoms with E-state index < -0.39 is 0 Å². The molecular formula is C22H22FN7O. The number of H-pyrrole nitrogens is 1. The smallest absolute Gasteiger partial charge is 0.224 e. The van der Waals surface area contributed by atoms with Crippen LogP contribution in [0, 0.1) is 5.82 Å². The van der Waals surface area contributed by atoms with Gasteiger partial charge in [-0.3, -0.25) is 9.88 Å². The molecule has 9 heteroatoms. The van der Waals surface area contributed by atoms with Gasteiger partial charge < -0.3 is 14.6 Å². The molecule has 8 nitrogen and oxygen atoms in total. The van der Waals surface area contributed by atoms with E-state index in [4.69, 9.17) is 4.74 Å². The summed E-state index contributed by atoms with van der Waals surface area (Å²) in [6, 6.07) is 7.68. The van der Waals surface area contributed by atoms with E-state index in [-0.39, 0.29) is 5.82 Å². The summed E-state index contributed by atoms with van der Waals surface area (Å²) in [7, 11) is 1.56. The molecule has 1 aliphatic rings. The molecule has 1 N–H and O–H groups in total. The van der Waals surface area contributed by atoms with Gasteiger partial charge in [-0.05, 0) is 23.8 Å². The predicted octanol–water partition coefficient (Wildman–Crippen LogP) is 2.88. The van der Waals surface area contributed by atoms with Crippen LogP contribution in [-0.4, -0.2) is 63.1 Å². The molecule has 1 aliphatic heterocycles. The van der Waals surface area contributed by atoms with E-state index in [2.05, 4.69) is 40.8 Å². The second kappa shape index (κ2) is 8.27. The average Bonchev–Trinajstić information content (AvgIpc) is 3.24. The highest BCUT2D eigenvalue weighted by Crippen LogP contribution is 2.32. The first-order valence-corrected chi connectivity index (χ1v) is 10.1. The lowest BCUT2D eigenvalue weighted by molar-refractivity contribution is 0.249. The van der Waals surface area contributed by atoms with Gasteiger partial charge in [0.05, 0.1) is 18.9 Å². The number of halogens is 1. The molecule has 0 saturated carbocycles. The fourth-order valence-electron chi connectivity index (χ4n) is 3.97. The zero-order valence-electron chi connectivity index (χ0n) is 17.1. The molecule has 0 aliphatic carbocycles. The minimum Gasteiger partial charge on any atom is -0.480 e. The predicted molar refractivity (Wildman–Crippen MR) is 115 cm³/mol. The Morgan fingerprint density at radius 2 is 1.90 bits per heavy atom. The van der Waals surface area contributed by atoms with E-state index in [0.717, 1.165) is 19.6 Å². The monoisotopic (exact) mass is 419 g/mol. The van der Waals surface area contributed by atoms with Crippen LogP contribution in [0.1, 0.15) is 5.56 Å². The topological polar surface area (TPSA) is 83.1 Å². The van der Waals surface area contributed by atoms with Crippen molar-refractivity contribution in [2.24, 2.45) is 0 Å². The average molecular weight is 419 g/mol. The van der Waals surface area contributed by atoms with Crippen LogP contribution in [0.15, 0.2) is 49.1 Å². The van der Waals surface area contributed by atoms with Crippen LogP contribution < -0.4 is 9.64 Å². The molecule has 4 aromatic rings. The molecule has 4 aromatic heterocycles. The van der Waals surface area contributed by atoms with Crippen LogP contribution in [0.4, 0.5) is 10.1 Å². The number of rotatable bonds is 5. The Bertz CT molecular complexity index is 1190. The van der Waals surface area contributed by atoms with Gasteiger partial charge in [-0.15, -0.1) is 0 Å². The number of nitrogens with one attached hydrogen (secondary N) is 1. The lowest BCUT2D eigenvalue weighted by Gasteiger charge is -2.36. The minimum absolute atomic E-state index is 0.360. The lowest BCUT2D eigenvalue weighted by atomic mass is 10.2. The standard InChI is InChI=1S/C22H22FN7O/c1-31-22-16(5-3-7-25-22)20-27-18-19(17(23)13-26-21(18)28-20)30-10-8-29(9-11-30)14-15-4-2-6-24-12-15/h2-7,12-13H,8-11,14H2,1H3,(H,26,27,28). The molecule has 31 heavy (non-hydrogen) atoms. The molecule has 1 saturated heterocycles. The number of anilines is 1.